The van der Waals surface area contributed by atoms with Crippen LogP contribution in [-0.2, 0) is 18.6 Å². The lowest BCUT2D eigenvalue weighted by atomic mass is 10.5. The molecule has 0 fully saturated rings. The van der Waals surface area contributed by atoms with Gasteiger partial charge in [0.1, 0.15) is 0 Å². The van der Waals surface area contributed by atoms with Crippen molar-refractivity contribution < 1.29 is 18.6 Å². The molecule has 0 radical (unpaired) electrons. The third kappa shape index (κ3) is 13.9. The highest BCUT2D eigenvalue weighted by molar-refractivity contribution is 6.84. The van der Waals surface area contributed by atoms with E-state index in [1.54, 1.807) is 0 Å². The molecule has 0 aliphatic carbocycles. The molecule has 22 heavy (non-hydrogen) atoms. The van der Waals surface area contributed by atoms with Gasteiger partial charge in [-0.25, -0.2) is 9.78 Å². The summed E-state index contributed by atoms with van der Waals surface area (Å²) in [6.07, 6.45) is 4.23. The summed E-state index contributed by atoms with van der Waals surface area (Å²) in [5.41, 5.74) is 0. The summed E-state index contributed by atoms with van der Waals surface area (Å²) in [6, 6.07) is 2.31. The largest absolute Gasteiger partial charge is 0.455 e. The Kier molecular flexibility index (Phi) is 12.8. The van der Waals surface area contributed by atoms with Crippen molar-refractivity contribution in [3.05, 3.63) is 0 Å². The quantitative estimate of drug-likeness (QED) is 0.181. The maximum absolute atomic E-state index is 6.59. The van der Waals surface area contributed by atoms with Crippen molar-refractivity contribution in [2.75, 3.05) is 26.4 Å². The molecule has 0 atom stereocenters. The molecule has 0 aromatic carbocycles. The summed E-state index contributed by atoms with van der Waals surface area (Å²) in [5, 5.41) is 0. The molecule has 0 aromatic rings. The van der Waals surface area contributed by atoms with E-state index in [0.717, 1.165) is 44.9 Å². The Morgan fingerprint density at radius 3 is 1.68 bits per heavy atom. The second-order valence-electron chi connectivity index (χ2n) is 7.08. The molecule has 0 rings (SSSR count). The SMILES string of the molecule is CCCOCCC[Si](C)(C)O[Si](C)(C)CCCOOCCC. The van der Waals surface area contributed by atoms with Gasteiger partial charge in [-0.05, 0) is 64.0 Å². The maximum atomic E-state index is 6.59. The van der Waals surface area contributed by atoms with E-state index in [0.29, 0.717) is 13.2 Å². The van der Waals surface area contributed by atoms with E-state index in [1.165, 1.54) is 6.04 Å². The van der Waals surface area contributed by atoms with E-state index >= 15 is 0 Å². The Hall–Kier alpha value is 0.274. The van der Waals surface area contributed by atoms with E-state index in [1.807, 2.05) is 0 Å². The van der Waals surface area contributed by atoms with Gasteiger partial charge in [-0.2, -0.15) is 0 Å². The van der Waals surface area contributed by atoms with Gasteiger partial charge in [-0.3, -0.25) is 0 Å². The predicted molar refractivity (Wildman–Crippen MR) is 98.2 cm³/mol. The third-order valence-corrected chi connectivity index (χ3v) is 10.9. The first-order chi connectivity index (χ1) is 10.3. The maximum Gasteiger partial charge on any atom is 0.173 e. The first kappa shape index (κ1) is 22.3. The molecule has 6 heteroatoms. The van der Waals surface area contributed by atoms with Crippen LogP contribution in [0.3, 0.4) is 0 Å². The third-order valence-electron chi connectivity index (χ3n) is 3.35. The topological polar surface area (TPSA) is 36.9 Å². The van der Waals surface area contributed by atoms with Crippen molar-refractivity contribution >= 4 is 16.6 Å². The zero-order valence-corrected chi connectivity index (χ0v) is 17.7. The predicted octanol–water partition coefficient (Wildman–Crippen LogP) is 4.98. The molecule has 0 heterocycles. The Morgan fingerprint density at radius 1 is 0.636 bits per heavy atom. The van der Waals surface area contributed by atoms with Crippen molar-refractivity contribution in [1.29, 1.82) is 0 Å². The molecular weight excluding hydrogens is 312 g/mol. The first-order valence-corrected chi connectivity index (χ1v) is 15.1. The summed E-state index contributed by atoms with van der Waals surface area (Å²) in [6.45, 7) is 16.6. The second-order valence-corrected chi connectivity index (χ2v) is 15.9. The molecule has 0 N–H and O–H groups in total. The molecule has 0 amide bonds. The van der Waals surface area contributed by atoms with Gasteiger partial charge < -0.3 is 8.85 Å². The van der Waals surface area contributed by atoms with Gasteiger partial charge >= 0.3 is 0 Å². The van der Waals surface area contributed by atoms with Gasteiger partial charge in [0.15, 0.2) is 16.6 Å². The highest BCUT2D eigenvalue weighted by atomic mass is 28.4. The minimum atomic E-state index is -1.60. The fraction of sp³-hybridized carbons (Fsp3) is 1.00. The van der Waals surface area contributed by atoms with Gasteiger partial charge in [0.2, 0.25) is 0 Å². The van der Waals surface area contributed by atoms with E-state index < -0.39 is 16.6 Å². The Morgan fingerprint density at radius 2 is 1.14 bits per heavy atom. The van der Waals surface area contributed by atoms with Crippen LogP contribution in [0.5, 0.6) is 0 Å². The van der Waals surface area contributed by atoms with E-state index in [4.69, 9.17) is 18.6 Å². The van der Waals surface area contributed by atoms with E-state index in [-0.39, 0.29) is 0 Å². The van der Waals surface area contributed by atoms with Crippen LogP contribution in [0.25, 0.3) is 0 Å². The Balaban J connectivity index is 3.84. The van der Waals surface area contributed by atoms with E-state index in [2.05, 4.69) is 40.0 Å². The fourth-order valence-corrected chi connectivity index (χ4v) is 11.2. The number of rotatable bonds is 15. The minimum Gasteiger partial charge on any atom is -0.455 e. The molecule has 0 aromatic heterocycles. The van der Waals surface area contributed by atoms with Crippen LogP contribution in [0.1, 0.15) is 39.5 Å². The molecule has 0 aliphatic heterocycles. The smallest absolute Gasteiger partial charge is 0.173 e. The number of ether oxygens (including phenoxy) is 1. The Labute approximate surface area is 140 Å². The Bertz CT molecular complexity index is 261. The molecular formula is C16H38O4Si2. The lowest BCUT2D eigenvalue weighted by molar-refractivity contribution is -0.294. The van der Waals surface area contributed by atoms with Crippen LogP contribution in [0, 0.1) is 0 Å². The molecule has 134 valence electrons. The zero-order valence-electron chi connectivity index (χ0n) is 15.7. The summed E-state index contributed by atoms with van der Waals surface area (Å²) >= 11 is 0. The zero-order chi connectivity index (χ0) is 16.9. The molecule has 0 saturated heterocycles. The number of hydrogen-bond acceptors (Lipinski definition) is 4. The van der Waals surface area contributed by atoms with Crippen molar-refractivity contribution in [3.63, 3.8) is 0 Å². The van der Waals surface area contributed by atoms with Crippen LogP contribution in [0.2, 0.25) is 38.3 Å². The summed E-state index contributed by atoms with van der Waals surface area (Å²) < 4.78 is 12.2. The number of hydrogen-bond donors (Lipinski definition) is 0. The average molecular weight is 351 g/mol. The van der Waals surface area contributed by atoms with Crippen LogP contribution < -0.4 is 0 Å². The lowest BCUT2D eigenvalue weighted by Gasteiger charge is -2.34. The van der Waals surface area contributed by atoms with Gasteiger partial charge in [-0.1, -0.05) is 13.8 Å². The van der Waals surface area contributed by atoms with E-state index in [9.17, 15) is 0 Å². The van der Waals surface area contributed by atoms with Gasteiger partial charge in [0, 0.05) is 13.2 Å². The highest BCUT2D eigenvalue weighted by Gasteiger charge is 2.32. The molecule has 0 bridgehead atoms. The fourth-order valence-electron chi connectivity index (χ4n) is 2.45. The first-order valence-electron chi connectivity index (χ1n) is 8.85. The van der Waals surface area contributed by atoms with Crippen LogP contribution >= 0.6 is 0 Å². The molecule has 0 aliphatic rings. The van der Waals surface area contributed by atoms with Crippen LogP contribution in [0.4, 0.5) is 0 Å². The lowest BCUT2D eigenvalue weighted by Crippen LogP contribution is -2.44. The summed E-state index contributed by atoms with van der Waals surface area (Å²) in [5.74, 6) is 0. The van der Waals surface area contributed by atoms with Crippen molar-refractivity contribution in [3.8, 4) is 0 Å². The standard InChI is InChI=1S/C16H38O4Si2/c1-7-11-17-13-9-15-21(3,4)20-22(5,6)16-10-14-19-18-12-8-2/h7-16H2,1-6H3. The van der Waals surface area contributed by atoms with Gasteiger partial charge in [0.05, 0.1) is 13.2 Å². The monoisotopic (exact) mass is 350 g/mol. The second kappa shape index (κ2) is 12.7. The van der Waals surface area contributed by atoms with Gasteiger partial charge in [-0.15, -0.1) is 0 Å². The highest BCUT2D eigenvalue weighted by Crippen LogP contribution is 2.23. The molecule has 0 saturated carbocycles. The van der Waals surface area contributed by atoms with Crippen molar-refractivity contribution in [2.24, 2.45) is 0 Å². The molecule has 4 nitrogen and oxygen atoms in total. The van der Waals surface area contributed by atoms with Crippen molar-refractivity contribution in [1.82, 2.24) is 0 Å². The van der Waals surface area contributed by atoms with Crippen LogP contribution in [-0.4, -0.2) is 43.1 Å². The normalized spacial score (nSPS) is 12.8. The van der Waals surface area contributed by atoms with Gasteiger partial charge in [0.25, 0.3) is 0 Å². The average Bonchev–Trinajstić information content (AvgIpc) is 2.41. The molecule has 0 unspecified atom stereocenters. The summed E-state index contributed by atoms with van der Waals surface area (Å²) in [4.78, 5) is 10.2. The van der Waals surface area contributed by atoms with Crippen molar-refractivity contribution in [2.45, 2.75) is 77.8 Å². The minimum absolute atomic E-state index is 0.673. The summed E-state index contributed by atoms with van der Waals surface area (Å²) in [7, 11) is -3.17. The van der Waals surface area contributed by atoms with Crippen LogP contribution in [0.15, 0.2) is 0 Å². The molecule has 0 spiro atoms.